The van der Waals surface area contributed by atoms with Crippen LogP contribution in [0.3, 0.4) is 0 Å². The van der Waals surface area contributed by atoms with Gasteiger partial charge in [0.2, 0.25) is 0 Å². The maximum atomic E-state index is 4.34. The molecule has 1 rings (SSSR count). The molecule has 1 saturated carbocycles. The van der Waals surface area contributed by atoms with Gasteiger partial charge in [-0.3, -0.25) is 9.98 Å². The van der Waals surface area contributed by atoms with Crippen molar-refractivity contribution in [3.05, 3.63) is 24.9 Å². The lowest BCUT2D eigenvalue weighted by Gasteiger charge is -2.09. The second-order valence-corrected chi connectivity index (χ2v) is 3.66. The summed E-state index contributed by atoms with van der Waals surface area (Å²) in [7, 11) is 0. The van der Waals surface area contributed by atoms with E-state index in [-0.39, 0.29) is 0 Å². The molecule has 0 radical (unpaired) electrons. The van der Waals surface area contributed by atoms with Crippen LogP contribution in [-0.4, -0.2) is 19.5 Å². The fourth-order valence-electron chi connectivity index (χ4n) is 1.55. The average molecular weight is 190 g/mol. The van der Waals surface area contributed by atoms with E-state index in [2.05, 4.69) is 23.3 Å². The minimum absolute atomic E-state index is 0.703. The van der Waals surface area contributed by atoms with Gasteiger partial charge in [-0.2, -0.15) is 0 Å². The predicted octanol–water partition coefficient (Wildman–Crippen LogP) is 2.87. The molecule has 0 aliphatic heterocycles. The molecular weight excluding hydrogens is 172 g/mol. The summed E-state index contributed by atoms with van der Waals surface area (Å²) in [5.41, 5.74) is 0. The van der Waals surface area contributed by atoms with E-state index in [1.54, 1.807) is 12.4 Å². The van der Waals surface area contributed by atoms with Gasteiger partial charge in [-0.15, -0.1) is 6.58 Å². The molecule has 1 unspecified atom stereocenters. The van der Waals surface area contributed by atoms with Crippen LogP contribution in [0.4, 0.5) is 0 Å². The third-order valence-electron chi connectivity index (χ3n) is 2.48. The van der Waals surface area contributed by atoms with Crippen LogP contribution in [0.25, 0.3) is 0 Å². The summed E-state index contributed by atoms with van der Waals surface area (Å²) in [6.45, 7) is 8.04. The van der Waals surface area contributed by atoms with Gasteiger partial charge >= 0.3 is 0 Å². The molecule has 2 heteroatoms. The van der Waals surface area contributed by atoms with Gasteiger partial charge in [-0.1, -0.05) is 6.08 Å². The molecule has 0 bridgehead atoms. The molecule has 0 spiro atoms. The van der Waals surface area contributed by atoms with Crippen LogP contribution in [-0.2, 0) is 0 Å². The van der Waals surface area contributed by atoms with Crippen molar-refractivity contribution in [2.45, 2.75) is 19.3 Å². The molecule has 1 aliphatic rings. The molecule has 1 atom stereocenters. The summed E-state index contributed by atoms with van der Waals surface area (Å²) >= 11 is 0. The fourth-order valence-corrected chi connectivity index (χ4v) is 1.55. The van der Waals surface area contributed by atoms with E-state index in [9.17, 15) is 0 Å². The van der Waals surface area contributed by atoms with E-state index in [4.69, 9.17) is 0 Å². The Bertz CT molecular complexity index is 237. The van der Waals surface area contributed by atoms with Crippen molar-refractivity contribution < 1.29 is 0 Å². The second-order valence-electron chi connectivity index (χ2n) is 3.66. The van der Waals surface area contributed by atoms with Gasteiger partial charge in [0.15, 0.2) is 0 Å². The van der Waals surface area contributed by atoms with E-state index in [1.165, 1.54) is 12.8 Å². The van der Waals surface area contributed by atoms with Gasteiger partial charge in [0.05, 0.1) is 0 Å². The lowest BCUT2D eigenvalue weighted by atomic mass is 10.0. The minimum Gasteiger partial charge on any atom is -0.293 e. The Morgan fingerprint density at radius 2 is 2.21 bits per heavy atom. The van der Waals surface area contributed by atoms with Crippen molar-refractivity contribution in [1.29, 1.82) is 0 Å². The zero-order valence-corrected chi connectivity index (χ0v) is 8.60. The highest BCUT2D eigenvalue weighted by atomic mass is 14.7. The van der Waals surface area contributed by atoms with Gasteiger partial charge in [0.1, 0.15) is 0 Å². The van der Waals surface area contributed by atoms with Crippen LogP contribution in [0.15, 0.2) is 34.9 Å². The van der Waals surface area contributed by atoms with E-state index >= 15 is 0 Å². The summed E-state index contributed by atoms with van der Waals surface area (Å²) < 4.78 is 0. The molecule has 0 heterocycles. The van der Waals surface area contributed by atoms with Crippen molar-refractivity contribution >= 4 is 12.9 Å². The quantitative estimate of drug-likeness (QED) is 0.435. The molecular formula is C12H18N2. The maximum absolute atomic E-state index is 4.34. The molecule has 14 heavy (non-hydrogen) atoms. The average Bonchev–Trinajstić information content (AvgIpc) is 2.99. The normalized spacial score (nSPS) is 18.9. The third-order valence-corrected chi connectivity index (χ3v) is 2.48. The number of allylic oxidation sites excluding steroid dienone is 2. The van der Waals surface area contributed by atoms with Crippen LogP contribution in [0, 0.1) is 11.8 Å². The van der Waals surface area contributed by atoms with Crippen molar-refractivity contribution in [3.63, 3.8) is 0 Å². The first-order chi connectivity index (χ1) is 6.88. The zero-order chi connectivity index (χ0) is 10.2. The molecule has 1 fully saturated rings. The van der Waals surface area contributed by atoms with Crippen LogP contribution in [0.2, 0.25) is 0 Å². The smallest absolute Gasteiger partial charge is 0.0423 e. The van der Waals surface area contributed by atoms with Crippen molar-refractivity contribution in [3.8, 4) is 0 Å². The Labute approximate surface area is 86.2 Å². The summed E-state index contributed by atoms with van der Waals surface area (Å²) in [5.74, 6) is 1.60. The molecule has 76 valence electrons. The molecule has 0 aromatic carbocycles. The monoisotopic (exact) mass is 190 g/mol. The predicted molar refractivity (Wildman–Crippen MR) is 63.1 cm³/mol. The SMILES string of the molecule is C=CCC(CN=C/C=C\N=C)C1CC1. The molecule has 0 aromatic rings. The highest BCUT2D eigenvalue weighted by Gasteiger charge is 2.29. The molecule has 2 nitrogen and oxygen atoms in total. The number of nitrogens with zero attached hydrogens (tertiary/aromatic N) is 2. The van der Waals surface area contributed by atoms with E-state index in [1.807, 2.05) is 12.2 Å². The summed E-state index contributed by atoms with van der Waals surface area (Å²) in [6, 6.07) is 0. The number of aliphatic imine (C=N–C) groups is 2. The Morgan fingerprint density at radius 1 is 1.43 bits per heavy atom. The number of rotatable bonds is 7. The summed E-state index contributed by atoms with van der Waals surface area (Å²) in [5, 5.41) is 0. The number of hydrogen-bond donors (Lipinski definition) is 0. The third kappa shape index (κ3) is 4.17. The van der Waals surface area contributed by atoms with E-state index < -0.39 is 0 Å². The lowest BCUT2D eigenvalue weighted by Crippen LogP contribution is -2.05. The standard InChI is InChI=1S/C12H18N2/c1-3-5-12(11-6-7-11)10-14-9-4-8-13-2/h3-4,8-9,11-12H,1-2,5-7,10H2/b8-4-,14-9?. The highest BCUT2D eigenvalue weighted by Crippen LogP contribution is 2.38. The molecule has 1 aliphatic carbocycles. The van der Waals surface area contributed by atoms with Crippen molar-refractivity contribution in [2.24, 2.45) is 21.8 Å². The van der Waals surface area contributed by atoms with Crippen LogP contribution < -0.4 is 0 Å². The first-order valence-corrected chi connectivity index (χ1v) is 5.10. The van der Waals surface area contributed by atoms with Gasteiger partial charge in [-0.05, 0) is 43.9 Å². The van der Waals surface area contributed by atoms with E-state index in [0.717, 1.165) is 18.9 Å². The second kappa shape index (κ2) is 6.30. The molecule has 0 amide bonds. The van der Waals surface area contributed by atoms with Gasteiger partial charge in [-0.25, -0.2) is 0 Å². The summed E-state index contributed by atoms with van der Waals surface area (Å²) in [6.07, 6.45) is 11.1. The van der Waals surface area contributed by atoms with Gasteiger partial charge in [0, 0.05) is 19.0 Å². The first-order valence-electron chi connectivity index (χ1n) is 5.10. The Hall–Kier alpha value is -1.18. The highest BCUT2D eigenvalue weighted by molar-refractivity contribution is 5.70. The van der Waals surface area contributed by atoms with Gasteiger partial charge in [0.25, 0.3) is 0 Å². The molecule has 0 aromatic heterocycles. The van der Waals surface area contributed by atoms with Crippen LogP contribution >= 0.6 is 0 Å². The lowest BCUT2D eigenvalue weighted by molar-refractivity contribution is 0.482. The largest absolute Gasteiger partial charge is 0.293 e. The topological polar surface area (TPSA) is 24.7 Å². The number of hydrogen-bond acceptors (Lipinski definition) is 2. The van der Waals surface area contributed by atoms with Crippen molar-refractivity contribution in [2.75, 3.05) is 6.54 Å². The maximum Gasteiger partial charge on any atom is 0.0423 e. The molecule has 0 saturated heterocycles. The first kappa shape index (κ1) is 10.9. The van der Waals surface area contributed by atoms with E-state index in [0.29, 0.717) is 5.92 Å². The Kier molecular flexibility index (Phi) is 4.90. The Morgan fingerprint density at radius 3 is 2.79 bits per heavy atom. The Balaban J connectivity index is 2.24. The van der Waals surface area contributed by atoms with Crippen LogP contribution in [0.1, 0.15) is 19.3 Å². The van der Waals surface area contributed by atoms with Crippen molar-refractivity contribution in [1.82, 2.24) is 0 Å². The molecule has 0 N–H and O–H groups in total. The fraction of sp³-hybridized carbons (Fsp3) is 0.500. The van der Waals surface area contributed by atoms with Gasteiger partial charge < -0.3 is 0 Å². The zero-order valence-electron chi connectivity index (χ0n) is 8.60. The summed E-state index contributed by atoms with van der Waals surface area (Å²) in [4.78, 5) is 7.94. The minimum atomic E-state index is 0.703. The van der Waals surface area contributed by atoms with Crippen LogP contribution in [0.5, 0.6) is 0 Å².